The van der Waals surface area contributed by atoms with Crippen LogP contribution in [0.25, 0.3) is 11.6 Å². The standard InChI is InChI=1S/C11H12N4O/c12-8-4-5-9(13-6-8)11-14-10(15-16-11)7-2-1-3-7/h4-7H,1-3,12H2. The predicted molar refractivity (Wildman–Crippen MR) is 58.5 cm³/mol. The van der Waals surface area contributed by atoms with Crippen molar-refractivity contribution in [1.82, 2.24) is 15.1 Å². The van der Waals surface area contributed by atoms with E-state index < -0.39 is 0 Å². The number of hydrogen-bond donors (Lipinski definition) is 1. The lowest BCUT2D eigenvalue weighted by Crippen LogP contribution is -2.10. The molecule has 0 unspecified atom stereocenters. The number of anilines is 1. The molecule has 2 aromatic rings. The van der Waals surface area contributed by atoms with Gasteiger partial charge in [0, 0.05) is 5.92 Å². The minimum atomic E-state index is 0.474. The normalized spacial score (nSPS) is 16.0. The Kier molecular flexibility index (Phi) is 2.09. The quantitative estimate of drug-likeness (QED) is 0.830. The summed E-state index contributed by atoms with van der Waals surface area (Å²) >= 11 is 0. The molecule has 1 saturated carbocycles. The van der Waals surface area contributed by atoms with Crippen molar-refractivity contribution < 1.29 is 4.52 Å². The molecule has 3 rings (SSSR count). The average molecular weight is 216 g/mol. The summed E-state index contributed by atoms with van der Waals surface area (Å²) in [6.07, 6.45) is 5.17. The second kappa shape index (κ2) is 3.59. The Labute approximate surface area is 92.7 Å². The van der Waals surface area contributed by atoms with Crippen LogP contribution in [0.15, 0.2) is 22.9 Å². The zero-order valence-corrected chi connectivity index (χ0v) is 8.76. The van der Waals surface area contributed by atoms with Gasteiger partial charge in [0.1, 0.15) is 5.69 Å². The molecule has 0 aliphatic heterocycles. The van der Waals surface area contributed by atoms with E-state index >= 15 is 0 Å². The van der Waals surface area contributed by atoms with Crippen molar-refractivity contribution in [3.8, 4) is 11.6 Å². The van der Waals surface area contributed by atoms with Gasteiger partial charge < -0.3 is 10.3 Å². The van der Waals surface area contributed by atoms with Crippen molar-refractivity contribution in [1.29, 1.82) is 0 Å². The third kappa shape index (κ3) is 1.54. The molecule has 0 atom stereocenters. The summed E-state index contributed by atoms with van der Waals surface area (Å²) in [6.45, 7) is 0. The lowest BCUT2D eigenvalue weighted by atomic mass is 9.85. The van der Waals surface area contributed by atoms with Gasteiger partial charge in [0.15, 0.2) is 5.82 Å². The first kappa shape index (κ1) is 9.33. The molecule has 0 radical (unpaired) electrons. The number of nitrogens with zero attached hydrogens (tertiary/aromatic N) is 3. The van der Waals surface area contributed by atoms with E-state index in [2.05, 4.69) is 15.1 Å². The zero-order valence-electron chi connectivity index (χ0n) is 8.76. The molecule has 2 aromatic heterocycles. The third-order valence-electron chi connectivity index (χ3n) is 2.92. The van der Waals surface area contributed by atoms with Gasteiger partial charge in [-0.05, 0) is 25.0 Å². The summed E-state index contributed by atoms with van der Waals surface area (Å²) in [6, 6.07) is 3.56. The molecular weight excluding hydrogens is 204 g/mol. The Hall–Kier alpha value is -1.91. The summed E-state index contributed by atoms with van der Waals surface area (Å²) in [5, 5.41) is 3.98. The molecule has 1 fully saturated rings. The highest BCUT2D eigenvalue weighted by atomic mass is 16.5. The SMILES string of the molecule is Nc1ccc(-c2nc(C3CCC3)no2)nc1. The smallest absolute Gasteiger partial charge is 0.276 e. The Morgan fingerprint density at radius 2 is 2.19 bits per heavy atom. The van der Waals surface area contributed by atoms with Crippen LogP contribution in [0.4, 0.5) is 5.69 Å². The van der Waals surface area contributed by atoms with Crippen LogP contribution < -0.4 is 5.73 Å². The molecule has 5 nitrogen and oxygen atoms in total. The summed E-state index contributed by atoms with van der Waals surface area (Å²) < 4.78 is 5.18. The molecule has 2 N–H and O–H groups in total. The van der Waals surface area contributed by atoms with Gasteiger partial charge in [-0.2, -0.15) is 4.98 Å². The van der Waals surface area contributed by atoms with Crippen LogP contribution in [-0.4, -0.2) is 15.1 Å². The van der Waals surface area contributed by atoms with Gasteiger partial charge in [-0.3, -0.25) is 0 Å². The summed E-state index contributed by atoms with van der Waals surface area (Å²) in [4.78, 5) is 8.49. The molecule has 5 heteroatoms. The van der Waals surface area contributed by atoms with Crippen molar-refractivity contribution in [3.63, 3.8) is 0 Å². The predicted octanol–water partition coefficient (Wildman–Crippen LogP) is 1.98. The van der Waals surface area contributed by atoms with Crippen LogP contribution in [0.2, 0.25) is 0 Å². The summed E-state index contributed by atoms with van der Waals surface area (Å²) in [7, 11) is 0. The van der Waals surface area contributed by atoms with E-state index in [1.54, 1.807) is 18.3 Å². The van der Waals surface area contributed by atoms with Gasteiger partial charge in [0.2, 0.25) is 0 Å². The van der Waals surface area contributed by atoms with Crippen LogP contribution in [0.3, 0.4) is 0 Å². The zero-order chi connectivity index (χ0) is 11.0. The Morgan fingerprint density at radius 3 is 2.81 bits per heavy atom. The van der Waals surface area contributed by atoms with Crippen molar-refractivity contribution in [3.05, 3.63) is 24.2 Å². The largest absolute Gasteiger partial charge is 0.397 e. The fraction of sp³-hybridized carbons (Fsp3) is 0.364. The molecule has 0 aromatic carbocycles. The maximum absolute atomic E-state index is 5.56. The number of pyridine rings is 1. The summed E-state index contributed by atoms with van der Waals surface area (Å²) in [5.74, 6) is 1.76. The lowest BCUT2D eigenvalue weighted by molar-refractivity contribution is 0.366. The van der Waals surface area contributed by atoms with E-state index in [-0.39, 0.29) is 0 Å². The maximum atomic E-state index is 5.56. The first-order valence-corrected chi connectivity index (χ1v) is 5.38. The highest BCUT2D eigenvalue weighted by Gasteiger charge is 2.25. The van der Waals surface area contributed by atoms with E-state index in [1.807, 2.05) is 0 Å². The number of hydrogen-bond acceptors (Lipinski definition) is 5. The number of nitrogen functional groups attached to an aromatic ring is 1. The molecular formula is C11H12N4O. The Morgan fingerprint density at radius 1 is 1.31 bits per heavy atom. The van der Waals surface area contributed by atoms with Crippen LogP contribution >= 0.6 is 0 Å². The molecule has 2 heterocycles. The lowest BCUT2D eigenvalue weighted by Gasteiger charge is -2.20. The van der Waals surface area contributed by atoms with Crippen molar-refractivity contribution >= 4 is 5.69 Å². The molecule has 0 bridgehead atoms. The highest BCUT2D eigenvalue weighted by molar-refractivity contribution is 5.50. The highest BCUT2D eigenvalue weighted by Crippen LogP contribution is 2.35. The Balaban J connectivity index is 1.88. The van der Waals surface area contributed by atoms with Gasteiger partial charge in [0.25, 0.3) is 5.89 Å². The number of aromatic nitrogens is 3. The Bertz CT molecular complexity index is 487. The second-order valence-corrected chi connectivity index (χ2v) is 4.06. The van der Waals surface area contributed by atoms with Crippen molar-refractivity contribution in [2.45, 2.75) is 25.2 Å². The number of nitrogens with two attached hydrogens (primary N) is 1. The van der Waals surface area contributed by atoms with E-state index in [0.29, 0.717) is 23.2 Å². The van der Waals surface area contributed by atoms with E-state index in [9.17, 15) is 0 Å². The first-order valence-electron chi connectivity index (χ1n) is 5.38. The molecule has 82 valence electrons. The fourth-order valence-electron chi connectivity index (χ4n) is 1.70. The summed E-state index contributed by atoms with van der Waals surface area (Å²) in [5.41, 5.74) is 6.86. The van der Waals surface area contributed by atoms with E-state index in [1.165, 1.54) is 6.42 Å². The van der Waals surface area contributed by atoms with Gasteiger partial charge in [-0.15, -0.1) is 0 Å². The van der Waals surface area contributed by atoms with Crippen molar-refractivity contribution in [2.24, 2.45) is 0 Å². The average Bonchev–Trinajstić information content (AvgIpc) is 2.65. The molecule has 0 spiro atoms. The van der Waals surface area contributed by atoms with E-state index in [0.717, 1.165) is 18.7 Å². The van der Waals surface area contributed by atoms with Crippen LogP contribution in [0, 0.1) is 0 Å². The molecule has 16 heavy (non-hydrogen) atoms. The third-order valence-corrected chi connectivity index (χ3v) is 2.92. The minimum absolute atomic E-state index is 0.474. The van der Waals surface area contributed by atoms with Gasteiger partial charge in [-0.1, -0.05) is 11.6 Å². The second-order valence-electron chi connectivity index (χ2n) is 4.06. The molecule has 1 aliphatic rings. The molecule has 0 amide bonds. The van der Waals surface area contributed by atoms with Crippen LogP contribution in [0.1, 0.15) is 31.0 Å². The first-order chi connectivity index (χ1) is 7.83. The topological polar surface area (TPSA) is 77.8 Å². The van der Waals surface area contributed by atoms with Gasteiger partial charge >= 0.3 is 0 Å². The van der Waals surface area contributed by atoms with Gasteiger partial charge in [0.05, 0.1) is 11.9 Å². The maximum Gasteiger partial charge on any atom is 0.276 e. The van der Waals surface area contributed by atoms with Gasteiger partial charge in [-0.25, -0.2) is 4.98 Å². The minimum Gasteiger partial charge on any atom is -0.397 e. The van der Waals surface area contributed by atoms with Crippen molar-refractivity contribution in [2.75, 3.05) is 5.73 Å². The van der Waals surface area contributed by atoms with E-state index in [4.69, 9.17) is 10.3 Å². The fourth-order valence-corrected chi connectivity index (χ4v) is 1.70. The molecule has 1 aliphatic carbocycles. The number of rotatable bonds is 2. The van der Waals surface area contributed by atoms with Crippen LogP contribution in [-0.2, 0) is 0 Å². The monoisotopic (exact) mass is 216 g/mol. The molecule has 0 saturated heterocycles. The van der Waals surface area contributed by atoms with Crippen LogP contribution in [0.5, 0.6) is 0 Å².